The predicted octanol–water partition coefficient (Wildman–Crippen LogP) is 15.1. The highest BCUT2D eigenvalue weighted by atomic mass is 16.7. The molecule has 9 heteroatoms. The summed E-state index contributed by atoms with van der Waals surface area (Å²) in [4.78, 5) is 37.0. The summed E-state index contributed by atoms with van der Waals surface area (Å²) in [5, 5.41) is 11.7. The molecular weight excluding hydrogens is 827 g/mol. The molecule has 0 saturated carbocycles. The molecule has 0 radical (unpaired) electrons. The second-order valence-electron chi connectivity index (χ2n) is 21.0. The van der Waals surface area contributed by atoms with Gasteiger partial charge in [0.25, 0.3) is 0 Å². The van der Waals surface area contributed by atoms with Gasteiger partial charge in [-0.15, -0.1) is 0 Å². The largest absolute Gasteiger partial charge is 0.545 e. The fraction of sp³-hybridized carbons (Fsp3) is 0.947. The van der Waals surface area contributed by atoms with E-state index in [-0.39, 0.29) is 32.2 Å². The molecule has 0 aromatic heterocycles. The van der Waals surface area contributed by atoms with Crippen molar-refractivity contribution in [2.24, 2.45) is 0 Å². The van der Waals surface area contributed by atoms with Gasteiger partial charge in [0.05, 0.1) is 40.3 Å². The van der Waals surface area contributed by atoms with Crippen LogP contribution in [0.25, 0.3) is 0 Å². The molecule has 0 aliphatic rings. The maximum atomic E-state index is 12.8. The maximum Gasteiger partial charge on any atom is 0.306 e. The fourth-order valence-electron chi connectivity index (χ4n) is 8.66. The van der Waals surface area contributed by atoms with E-state index in [1.165, 1.54) is 225 Å². The Bertz CT molecular complexity index is 1050. The maximum absolute atomic E-state index is 12.8. The van der Waals surface area contributed by atoms with Crippen LogP contribution < -0.4 is 5.11 Å². The second-order valence-corrected chi connectivity index (χ2v) is 21.0. The number of hydrogen-bond acceptors (Lipinski definition) is 8. The van der Waals surface area contributed by atoms with E-state index in [4.69, 9.17) is 18.9 Å². The standard InChI is InChI=1S/C57H111NO8/c1-6-8-10-12-14-16-17-18-19-20-21-22-23-24-25-26-27-28-29-30-31-32-33-34-35-36-37-38-40-42-44-46-48-55(60)66-53(52-65-57(56(61)62)63-50-49-58(3,4)5)51-64-54(59)47-45-43-41-39-15-13-11-9-7-2/h53,57H,6-52H2,1-5H3. The van der Waals surface area contributed by atoms with Gasteiger partial charge in [0.2, 0.25) is 0 Å². The Morgan fingerprint density at radius 2 is 0.682 bits per heavy atom. The van der Waals surface area contributed by atoms with Crippen LogP contribution in [0.3, 0.4) is 0 Å². The first kappa shape index (κ1) is 64.3. The fourth-order valence-corrected chi connectivity index (χ4v) is 8.66. The molecule has 0 aromatic rings. The first-order chi connectivity index (χ1) is 32.1. The van der Waals surface area contributed by atoms with Gasteiger partial charge < -0.3 is 33.3 Å². The predicted molar refractivity (Wildman–Crippen MR) is 274 cm³/mol. The van der Waals surface area contributed by atoms with Gasteiger partial charge in [0, 0.05) is 12.8 Å². The second kappa shape index (κ2) is 49.7. The first-order valence-electron chi connectivity index (χ1n) is 28.7. The summed E-state index contributed by atoms with van der Waals surface area (Å²) in [5.41, 5.74) is 0. The number of rotatable bonds is 54. The summed E-state index contributed by atoms with van der Waals surface area (Å²) in [6.07, 6.45) is 51.9. The van der Waals surface area contributed by atoms with Crippen molar-refractivity contribution in [3.05, 3.63) is 0 Å². The van der Waals surface area contributed by atoms with E-state index in [1.54, 1.807) is 0 Å². The van der Waals surface area contributed by atoms with Gasteiger partial charge in [-0.05, 0) is 12.8 Å². The van der Waals surface area contributed by atoms with E-state index >= 15 is 0 Å². The van der Waals surface area contributed by atoms with Crippen LogP contribution >= 0.6 is 0 Å². The Kier molecular flexibility index (Phi) is 48.4. The summed E-state index contributed by atoms with van der Waals surface area (Å²) < 4.78 is 22.6. The molecule has 0 aromatic carbocycles. The lowest BCUT2D eigenvalue weighted by Gasteiger charge is -2.26. The van der Waals surface area contributed by atoms with Crippen LogP contribution in [0.1, 0.15) is 290 Å². The number of likely N-dealkylation sites (N-methyl/N-ethyl adjacent to an activating group) is 1. The van der Waals surface area contributed by atoms with Crippen LogP contribution in [-0.2, 0) is 33.3 Å². The zero-order valence-corrected chi connectivity index (χ0v) is 44.6. The smallest absolute Gasteiger partial charge is 0.306 e. The van der Waals surface area contributed by atoms with Crippen LogP contribution in [0, 0.1) is 0 Å². The molecule has 0 saturated heterocycles. The summed E-state index contributed by atoms with van der Waals surface area (Å²) in [7, 11) is 5.92. The minimum Gasteiger partial charge on any atom is -0.545 e. The number of carbonyl (C=O) groups is 3. The van der Waals surface area contributed by atoms with E-state index < -0.39 is 24.3 Å². The molecule has 0 amide bonds. The van der Waals surface area contributed by atoms with Crippen LogP contribution in [0.2, 0.25) is 0 Å². The SMILES string of the molecule is CCCCCCCCCCCCCCCCCCCCCCCCCCCCCCCCCCC(=O)OC(COC(=O)CCCCCCCCCCC)COC(OCC[N+](C)(C)C)C(=O)[O-]. The number of quaternary nitrogens is 1. The Balaban J connectivity index is 3.95. The van der Waals surface area contributed by atoms with Crippen molar-refractivity contribution in [2.45, 2.75) is 302 Å². The number of esters is 2. The third kappa shape index (κ3) is 50.2. The lowest BCUT2D eigenvalue weighted by Crippen LogP contribution is -2.44. The number of ether oxygens (including phenoxy) is 4. The number of unbranched alkanes of at least 4 members (excludes halogenated alkanes) is 39. The Morgan fingerprint density at radius 3 is 0.970 bits per heavy atom. The van der Waals surface area contributed by atoms with Crippen LogP contribution in [0.15, 0.2) is 0 Å². The van der Waals surface area contributed by atoms with Crippen molar-refractivity contribution < 1.29 is 42.9 Å². The average molecular weight is 939 g/mol. The molecule has 2 unspecified atom stereocenters. The molecule has 0 heterocycles. The number of hydrogen-bond donors (Lipinski definition) is 0. The van der Waals surface area contributed by atoms with Gasteiger partial charge in [-0.25, -0.2) is 0 Å². The van der Waals surface area contributed by atoms with E-state index in [0.717, 1.165) is 38.5 Å². The highest BCUT2D eigenvalue weighted by Crippen LogP contribution is 2.18. The third-order valence-corrected chi connectivity index (χ3v) is 13.1. The lowest BCUT2D eigenvalue weighted by molar-refractivity contribution is -0.870. The van der Waals surface area contributed by atoms with E-state index in [2.05, 4.69) is 13.8 Å². The zero-order chi connectivity index (χ0) is 48.4. The molecule has 9 nitrogen and oxygen atoms in total. The molecule has 392 valence electrons. The van der Waals surface area contributed by atoms with Crippen molar-refractivity contribution in [2.75, 3.05) is 47.5 Å². The quantitative estimate of drug-likeness (QED) is 0.0257. The molecular formula is C57H111NO8. The Labute approximate surface area is 409 Å². The van der Waals surface area contributed by atoms with Gasteiger partial charge in [-0.2, -0.15) is 0 Å². The molecule has 66 heavy (non-hydrogen) atoms. The van der Waals surface area contributed by atoms with E-state index in [0.29, 0.717) is 17.4 Å². The number of aliphatic carboxylic acids is 1. The molecule has 0 fully saturated rings. The molecule has 0 aliphatic carbocycles. The van der Waals surface area contributed by atoms with Gasteiger partial charge in [0.1, 0.15) is 13.2 Å². The molecule has 0 spiro atoms. The number of carbonyl (C=O) groups excluding carboxylic acids is 3. The van der Waals surface area contributed by atoms with Crippen molar-refractivity contribution in [3.63, 3.8) is 0 Å². The average Bonchev–Trinajstić information content (AvgIpc) is 3.28. The lowest BCUT2D eigenvalue weighted by atomic mass is 10.0. The highest BCUT2D eigenvalue weighted by molar-refractivity contribution is 5.70. The van der Waals surface area contributed by atoms with Crippen LogP contribution in [0.5, 0.6) is 0 Å². The minimum absolute atomic E-state index is 0.153. The summed E-state index contributed by atoms with van der Waals surface area (Å²) in [6.45, 7) is 4.77. The minimum atomic E-state index is -1.61. The molecule has 0 rings (SSSR count). The zero-order valence-electron chi connectivity index (χ0n) is 44.6. The molecule has 0 N–H and O–H groups in total. The monoisotopic (exact) mass is 938 g/mol. The summed E-state index contributed by atoms with van der Waals surface area (Å²) in [6, 6.07) is 0. The van der Waals surface area contributed by atoms with Gasteiger partial charge in [-0.1, -0.05) is 264 Å². The van der Waals surface area contributed by atoms with E-state index in [9.17, 15) is 19.5 Å². The van der Waals surface area contributed by atoms with Crippen LogP contribution in [-0.4, -0.2) is 82.3 Å². The van der Waals surface area contributed by atoms with E-state index in [1.807, 2.05) is 21.1 Å². The number of nitrogens with zero attached hydrogens (tertiary/aromatic N) is 1. The number of carboxylic acid groups (broad SMARTS) is 1. The van der Waals surface area contributed by atoms with Gasteiger partial charge in [0.15, 0.2) is 12.4 Å². The number of carboxylic acids is 1. The normalized spacial score (nSPS) is 12.7. The van der Waals surface area contributed by atoms with Crippen LogP contribution in [0.4, 0.5) is 0 Å². The molecule has 0 bridgehead atoms. The van der Waals surface area contributed by atoms with Gasteiger partial charge in [-0.3, -0.25) is 9.59 Å². The topological polar surface area (TPSA) is 111 Å². The summed E-state index contributed by atoms with van der Waals surface area (Å²) >= 11 is 0. The van der Waals surface area contributed by atoms with Gasteiger partial charge >= 0.3 is 11.9 Å². The van der Waals surface area contributed by atoms with Crippen molar-refractivity contribution in [1.29, 1.82) is 0 Å². The highest BCUT2D eigenvalue weighted by Gasteiger charge is 2.22. The Hall–Kier alpha value is -1.71. The van der Waals surface area contributed by atoms with Crippen molar-refractivity contribution in [1.82, 2.24) is 0 Å². The van der Waals surface area contributed by atoms with Crippen molar-refractivity contribution in [3.8, 4) is 0 Å². The molecule has 0 aliphatic heterocycles. The first-order valence-corrected chi connectivity index (χ1v) is 28.7. The summed E-state index contributed by atoms with van der Waals surface area (Å²) in [5.74, 6) is -2.26. The third-order valence-electron chi connectivity index (χ3n) is 13.1. The molecule has 2 atom stereocenters. The van der Waals surface area contributed by atoms with Crippen molar-refractivity contribution >= 4 is 17.9 Å². The Morgan fingerprint density at radius 1 is 0.394 bits per heavy atom.